The first-order valence-corrected chi connectivity index (χ1v) is 6.69. The highest BCUT2D eigenvalue weighted by atomic mass is 35.5. The first-order valence-electron chi connectivity index (χ1n) is 5.47. The van der Waals surface area contributed by atoms with Gasteiger partial charge in [-0.05, 0) is 29.7 Å². The zero-order chi connectivity index (χ0) is 13.1. The topological polar surface area (TPSA) is 68.5 Å². The molecule has 0 aliphatic heterocycles. The average molecular weight is 293 g/mol. The van der Waals surface area contributed by atoms with E-state index in [0.29, 0.717) is 11.6 Å². The van der Waals surface area contributed by atoms with E-state index in [2.05, 4.69) is 25.0 Å². The van der Waals surface area contributed by atoms with Crippen LogP contribution in [-0.4, -0.2) is 24.4 Å². The first kappa shape index (κ1) is 12.1. The van der Waals surface area contributed by atoms with E-state index in [1.165, 1.54) is 17.9 Å². The van der Waals surface area contributed by atoms with E-state index in [-0.39, 0.29) is 0 Å². The number of nitrogens with zero attached hydrogens (tertiary/aromatic N) is 5. The molecule has 0 saturated heterocycles. The van der Waals surface area contributed by atoms with Crippen molar-refractivity contribution in [2.45, 2.75) is 6.54 Å². The summed E-state index contributed by atoms with van der Waals surface area (Å²) in [5.74, 6) is 0. The quantitative estimate of drug-likeness (QED) is 0.799. The van der Waals surface area contributed by atoms with E-state index in [1.54, 1.807) is 11.0 Å². The molecule has 0 radical (unpaired) electrons. The molecule has 0 fully saturated rings. The van der Waals surface area contributed by atoms with Crippen LogP contribution in [0.15, 0.2) is 36.2 Å². The first-order chi connectivity index (χ1) is 9.33. The Labute approximate surface area is 118 Å². The predicted octanol–water partition coefficient (Wildman–Crippen LogP) is 2.38. The second-order valence-electron chi connectivity index (χ2n) is 3.75. The van der Waals surface area contributed by atoms with Crippen molar-refractivity contribution in [2.24, 2.45) is 0 Å². The predicted molar refractivity (Wildman–Crippen MR) is 73.6 cm³/mol. The lowest BCUT2D eigenvalue weighted by molar-refractivity contribution is 0.876. The maximum Gasteiger partial charge on any atom is 0.138 e. The van der Waals surface area contributed by atoms with Gasteiger partial charge in [0.25, 0.3) is 0 Å². The summed E-state index contributed by atoms with van der Waals surface area (Å²) >= 11 is 7.35. The number of halogens is 1. The van der Waals surface area contributed by atoms with Gasteiger partial charge in [0.1, 0.15) is 12.7 Å². The molecule has 2 aromatic heterocycles. The van der Waals surface area contributed by atoms with Crippen molar-refractivity contribution in [1.82, 2.24) is 24.4 Å². The second-order valence-corrected chi connectivity index (χ2v) is 4.80. The number of nitrogens with one attached hydrogen (secondary N) is 1. The maximum absolute atomic E-state index is 6.03. The lowest BCUT2D eigenvalue weighted by Crippen LogP contribution is -2.05. The van der Waals surface area contributed by atoms with E-state index in [1.807, 2.05) is 23.6 Å². The van der Waals surface area contributed by atoms with E-state index in [9.17, 15) is 0 Å². The van der Waals surface area contributed by atoms with Crippen molar-refractivity contribution in [3.63, 3.8) is 0 Å². The molecule has 1 N–H and O–H groups in total. The van der Waals surface area contributed by atoms with Crippen molar-refractivity contribution in [2.75, 3.05) is 5.32 Å². The number of hydrogen-bond donors (Lipinski definition) is 1. The minimum atomic E-state index is 0.582. The molecule has 0 aliphatic rings. The molecular weight excluding hydrogens is 284 g/mol. The Hall–Kier alpha value is -1.99. The van der Waals surface area contributed by atoms with Gasteiger partial charge in [-0.25, -0.2) is 9.67 Å². The van der Waals surface area contributed by atoms with Crippen LogP contribution in [0.2, 0.25) is 5.02 Å². The SMILES string of the molecule is Clc1ccc(-n2cncn2)c(NCc2csnn2)c1. The van der Waals surface area contributed by atoms with Crippen LogP contribution < -0.4 is 5.32 Å². The molecule has 0 unspecified atom stereocenters. The third-order valence-corrected chi connectivity index (χ3v) is 3.28. The smallest absolute Gasteiger partial charge is 0.138 e. The zero-order valence-electron chi connectivity index (χ0n) is 9.69. The number of benzene rings is 1. The number of anilines is 1. The molecule has 6 nitrogen and oxygen atoms in total. The molecule has 8 heteroatoms. The standard InChI is InChI=1S/C11H9ClN6S/c12-8-1-2-11(18-7-13-6-15-18)10(3-8)14-4-9-5-19-17-16-9/h1-3,5-7,14H,4H2. The van der Waals surface area contributed by atoms with Gasteiger partial charge in [0.15, 0.2) is 0 Å². The third-order valence-electron chi connectivity index (χ3n) is 2.49. The lowest BCUT2D eigenvalue weighted by atomic mass is 10.2. The van der Waals surface area contributed by atoms with Crippen LogP contribution in [0.5, 0.6) is 0 Å². The Morgan fingerprint density at radius 2 is 2.32 bits per heavy atom. The van der Waals surface area contributed by atoms with Crippen LogP contribution in [0, 0.1) is 0 Å². The Kier molecular flexibility index (Phi) is 3.39. The fourth-order valence-corrected chi connectivity index (χ4v) is 2.25. The third kappa shape index (κ3) is 2.72. The van der Waals surface area contributed by atoms with Gasteiger partial charge in [-0.1, -0.05) is 16.1 Å². The molecule has 3 rings (SSSR count). The summed E-state index contributed by atoms with van der Waals surface area (Å²) in [5, 5.41) is 13.9. The maximum atomic E-state index is 6.03. The molecule has 3 aromatic rings. The molecule has 1 aromatic carbocycles. The Morgan fingerprint density at radius 3 is 3.05 bits per heavy atom. The van der Waals surface area contributed by atoms with Crippen molar-refractivity contribution in [3.8, 4) is 5.69 Å². The highest BCUT2D eigenvalue weighted by molar-refractivity contribution is 7.03. The summed E-state index contributed by atoms with van der Waals surface area (Å²) in [7, 11) is 0. The van der Waals surface area contributed by atoms with Crippen LogP contribution in [-0.2, 0) is 6.54 Å². The summed E-state index contributed by atoms with van der Waals surface area (Å²) in [6.07, 6.45) is 3.13. The highest BCUT2D eigenvalue weighted by Gasteiger charge is 2.07. The summed E-state index contributed by atoms with van der Waals surface area (Å²) in [6, 6.07) is 5.55. The Bertz CT molecular complexity index is 652. The number of aromatic nitrogens is 5. The molecular formula is C11H9ClN6S. The summed E-state index contributed by atoms with van der Waals surface area (Å²) in [6.45, 7) is 0.582. The highest BCUT2D eigenvalue weighted by Crippen LogP contribution is 2.24. The van der Waals surface area contributed by atoms with E-state index in [4.69, 9.17) is 11.6 Å². The lowest BCUT2D eigenvalue weighted by Gasteiger charge is -2.11. The van der Waals surface area contributed by atoms with Crippen LogP contribution >= 0.6 is 23.1 Å². The van der Waals surface area contributed by atoms with Crippen molar-refractivity contribution < 1.29 is 0 Å². The van der Waals surface area contributed by atoms with E-state index >= 15 is 0 Å². The average Bonchev–Trinajstić information content (AvgIpc) is 3.10. The van der Waals surface area contributed by atoms with Gasteiger partial charge in [0.05, 0.1) is 23.6 Å². The molecule has 2 heterocycles. The summed E-state index contributed by atoms with van der Waals surface area (Å²) in [5.41, 5.74) is 2.63. The second kappa shape index (κ2) is 5.33. The van der Waals surface area contributed by atoms with Gasteiger partial charge >= 0.3 is 0 Å². The molecule has 0 aliphatic carbocycles. The van der Waals surface area contributed by atoms with E-state index in [0.717, 1.165) is 17.1 Å². The molecule has 0 bridgehead atoms. The van der Waals surface area contributed by atoms with Crippen molar-refractivity contribution >= 4 is 28.8 Å². The molecule has 0 spiro atoms. The van der Waals surface area contributed by atoms with Crippen LogP contribution in [0.4, 0.5) is 5.69 Å². The summed E-state index contributed by atoms with van der Waals surface area (Å²) in [4.78, 5) is 3.94. The fraction of sp³-hybridized carbons (Fsp3) is 0.0909. The van der Waals surface area contributed by atoms with Crippen molar-refractivity contribution in [1.29, 1.82) is 0 Å². The van der Waals surface area contributed by atoms with E-state index < -0.39 is 0 Å². The largest absolute Gasteiger partial charge is 0.377 e. The summed E-state index contributed by atoms with van der Waals surface area (Å²) < 4.78 is 5.50. The minimum absolute atomic E-state index is 0.582. The van der Waals surface area contributed by atoms with Gasteiger partial charge in [-0.2, -0.15) is 5.10 Å². The van der Waals surface area contributed by atoms with Gasteiger partial charge in [-0.3, -0.25) is 0 Å². The van der Waals surface area contributed by atoms with Gasteiger partial charge in [0.2, 0.25) is 0 Å². The fourth-order valence-electron chi connectivity index (χ4n) is 1.63. The Morgan fingerprint density at radius 1 is 1.37 bits per heavy atom. The zero-order valence-corrected chi connectivity index (χ0v) is 11.3. The van der Waals surface area contributed by atoms with Crippen LogP contribution in [0.1, 0.15) is 5.69 Å². The van der Waals surface area contributed by atoms with Gasteiger partial charge in [0, 0.05) is 10.4 Å². The molecule has 96 valence electrons. The minimum Gasteiger partial charge on any atom is -0.377 e. The Balaban J connectivity index is 1.88. The number of hydrogen-bond acceptors (Lipinski definition) is 6. The van der Waals surface area contributed by atoms with Crippen LogP contribution in [0.25, 0.3) is 5.69 Å². The normalized spacial score (nSPS) is 10.6. The molecule has 19 heavy (non-hydrogen) atoms. The molecule has 0 atom stereocenters. The van der Waals surface area contributed by atoms with Crippen LogP contribution in [0.3, 0.4) is 0 Å². The van der Waals surface area contributed by atoms with Gasteiger partial charge < -0.3 is 5.32 Å². The molecule has 0 saturated carbocycles. The number of rotatable bonds is 4. The molecule has 0 amide bonds. The van der Waals surface area contributed by atoms with Gasteiger partial charge in [-0.15, -0.1) is 5.10 Å². The monoisotopic (exact) mass is 292 g/mol. The van der Waals surface area contributed by atoms with Crippen molar-refractivity contribution in [3.05, 3.63) is 47.0 Å².